The number of hydrogen-bond donors (Lipinski definition) is 2. The van der Waals surface area contributed by atoms with Gasteiger partial charge in [-0.25, -0.2) is 13.1 Å². The molecule has 1 fully saturated rings. The van der Waals surface area contributed by atoms with Gasteiger partial charge >= 0.3 is 0 Å². The van der Waals surface area contributed by atoms with Gasteiger partial charge in [0.1, 0.15) is 0 Å². The van der Waals surface area contributed by atoms with Crippen LogP contribution in [0.3, 0.4) is 0 Å². The van der Waals surface area contributed by atoms with Gasteiger partial charge < -0.3 is 5.32 Å². The molecule has 0 saturated carbocycles. The molecule has 0 spiro atoms. The first-order valence-corrected chi connectivity index (χ1v) is 8.71. The summed E-state index contributed by atoms with van der Waals surface area (Å²) in [6.07, 6.45) is 6.00. The molecule has 21 heavy (non-hydrogen) atoms. The van der Waals surface area contributed by atoms with E-state index in [9.17, 15) is 8.42 Å². The number of benzene rings is 1. The summed E-state index contributed by atoms with van der Waals surface area (Å²) < 4.78 is 28.2. The predicted molar refractivity (Wildman–Crippen MR) is 82.6 cm³/mol. The second-order valence-corrected chi connectivity index (χ2v) is 7.03. The van der Waals surface area contributed by atoms with Crippen LogP contribution in [0.15, 0.2) is 41.6 Å². The summed E-state index contributed by atoms with van der Waals surface area (Å²) in [7, 11) is -3.51. The van der Waals surface area contributed by atoms with E-state index in [2.05, 4.69) is 15.0 Å². The number of pyridine rings is 1. The molecule has 2 aromatic rings. The highest BCUT2D eigenvalue weighted by atomic mass is 32.2. The van der Waals surface area contributed by atoms with Gasteiger partial charge in [-0.05, 0) is 44.5 Å². The van der Waals surface area contributed by atoms with Crippen LogP contribution >= 0.6 is 0 Å². The third-order valence-electron chi connectivity index (χ3n) is 3.83. The summed E-state index contributed by atoms with van der Waals surface area (Å²) in [6.45, 7) is 1.81. The van der Waals surface area contributed by atoms with Crippen molar-refractivity contribution in [3.05, 3.63) is 36.7 Å². The second kappa shape index (κ2) is 6.09. The van der Waals surface area contributed by atoms with Crippen molar-refractivity contribution in [2.45, 2.75) is 30.2 Å². The van der Waals surface area contributed by atoms with Crippen LogP contribution in [0.4, 0.5) is 0 Å². The fourth-order valence-corrected chi connectivity index (χ4v) is 4.28. The summed E-state index contributed by atoms with van der Waals surface area (Å²) in [5.74, 6) is 0. The lowest BCUT2D eigenvalue weighted by Crippen LogP contribution is -2.35. The molecule has 112 valence electrons. The zero-order valence-corrected chi connectivity index (χ0v) is 12.6. The third kappa shape index (κ3) is 3.23. The number of nitrogens with one attached hydrogen (secondary N) is 2. The predicted octanol–water partition coefficient (Wildman–Crippen LogP) is 1.66. The van der Waals surface area contributed by atoms with Crippen LogP contribution in [0, 0.1) is 0 Å². The molecule has 3 rings (SSSR count). The highest BCUT2D eigenvalue weighted by molar-refractivity contribution is 7.89. The van der Waals surface area contributed by atoms with Gasteiger partial charge in [0.25, 0.3) is 0 Å². The summed E-state index contributed by atoms with van der Waals surface area (Å²) in [6, 6.07) is 7.03. The van der Waals surface area contributed by atoms with Crippen molar-refractivity contribution in [3.8, 4) is 0 Å². The SMILES string of the molecule is O=S(=O)(NC1CCCNCC1)c1cccc2cnccc12. The lowest BCUT2D eigenvalue weighted by molar-refractivity contribution is 0.518. The van der Waals surface area contributed by atoms with Gasteiger partial charge in [-0.2, -0.15) is 0 Å². The molecular weight excluding hydrogens is 286 g/mol. The zero-order chi connectivity index (χ0) is 14.7. The largest absolute Gasteiger partial charge is 0.317 e. The van der Waals surface area contributed by atoms with Gasteiger partial charge in [0.15, 0.2) is 0 Å². The van der Waals surface area contributed by atoms with E-state index in [1.807, 2.05) is 6.07 Å². The second-order valence-electron chi connectivity index (χ2n) is 5.35. The molecule has 1 saturated heterocycles. The van der Waals surface area contributed by atoms with Gasteiger partial charge in [0.05, 0.1) is 4.90 Å². The van der Waals surface area contributed by atoms with Crippen molar-refractivity contribution in [1.29, 1.82) is 0 Å². The molecule has 1 atom stereocenters. The van der Waals surface area contributed by atoms with Gasteiger partial charge in [0.2, 0.25) is 10.0 Å². The highest BCUT2D eigenvalue weighted by Crippen LogP contribution is 2.22. The third-order valence-corrected chi connectivity index (χ3v) is 5.41. The van der Waals surface area contributed by atoms with Crippen LogP contribution in [-0.2, 0) is 10.0 Å². The lowest BCUT2D eigenvalue weighted by Gasteiger charge is -2.17. The molecule has 6 heteroatoms. The minimum absolute atomic E-state index is 0.00194. The Bertz CT molecular complexity index is 717. The average molecular weight is 305 g/mol. The van der Waals surface area contributed by atoms with E-state index < -0.39 is 10.0 Å². The van der Waals surface area contributed by atoms with Crippen LogP contribution < -0.4 is 10.0 Å². The Labute approximate surface area is 124 Å². The van der Waals surface area contributed by atoms with Crippen molar-refractivity contribution in [2.75, 3.05) is 13.1 Å². The molecule has 2 heterocycles. The Morgan fingerprint density at radius 2 is 2.10 bits per heavy atom. The van der Waals surface area contributed by atoms with Gasteiger partial charge in [0, 0.05) is 29.2 Å². The number of hydrogen-bond acceptors (Lipinski definition) is 4. The maximum absolute atomic E-state index is 12.7. The quantitative estimate of drug-likeness (QED) is 0.904. The number of fused-ring (bicyclic) bond motifs is 1. The van der Waals surface area contributed by atoms with Gasteiger partial charge in [-0.1, -0.05) is 12.1 Å². The van der Waals surface area contributed by atoms with E-state index in [0.717, 1.165) is 37.7 Å². The molecule has 1 aromatic carbocycles. The Balaban J connectivity index is 1.92. The first kappa shape index (κ1) is 14.4. The zero-order valence-electron chi connectivity index (χ0n) is 11.7. The Hall–Kier alpha value is -1.50. The van der Waals surface area contributed by atoms with Crippen molar-refractivity contribution in [2.24, 2.45) is 0 Å². The standard InChI is InChI=1S/C15H19N3O2S/c19-21(20,18-13-4-2-8-16-9-6-13)15-5-1-3-12-11-17-10-7-14(12)15/h1,3,5,7,10-11,13,16,18H,2,4,6,8-9H2. The molecular formula is C15H19N3O2S. The fraction of sp³-hybridized carbons (Fsp3) is 0.400. The van der Waals surface area contributed by atoms with Crippen LogP contribution in [-0.4, -0.2) is 32.5 Å². The number of aromatic nitrogens is 1. The van der Waals surface area contributed by atoms with Crippen LogP contribution in [0.2, 0.25) is 0 Å². The van der Waals surface area contributed by atoms with Crippen LogP contribution in [0.1, 0.15) is 19.3 Å². The van der Waals surface area contributed by atoms with E-state index in [1.165, 1.54) is 0 Å². The van der Waals surface area contributed by atoms with Crippen molar-refractivity contribution in [1.82, 2.24) is 15.0 Å². The van der Waals surface area contributed by atoms with Crippen molar-refractivity contribution < 1.29 is 8.42 Å². The molecule has 1 aromatic heterocycles. The fourth-order valence-electron chi connectivity index (χ4n) is 2.75. The average Bonchev–Trinajstić information content (AvgIpc) is 2.75. The molecule has 1 unspecified atom stereocenters. The number of nitrogens with zero attached hydrogens (tertiary/aromatic N) is 1. The number of rotatable bonds is 3. The summed E-state index contributed by atoms with van der Waals surface area (Å²) in [5, 5.41) is 4.84. The molecule has 0 radical (unpaired) electrons. The summed E-state index contributed by atoms with van der Waals surface area (Å²) in [4.78, 5) is 4.37. The summed E-state index contributed by atoms with van der Waals surface area (Å²) >= 11 is 0. The first-order chi connectivity index (χ1) is 10.2. The normalized spacial score (nSPS) is 20.3. The minimum Gasteiger partial charge on any atom is -0.317 e. The smallest absolute Gasteiger partial charge is 0.241 e. The molecule has 0 bridgehead atoms. The van der Waals surface area contributed by atoms with E-state index in [-0.39, 0.29) is 6.04 Å². The topological polar surface area (TPSA) is 71.1 Å². The molecule has 0 aliphatic carbocycles. The molecule has 1 aliphatic heterocycles. The monoisotopic (exact) mass is 305 g/mol. The maximum Gasteiger partial charge on any atom is 0.241 e. The van der Waals surface area contributed by atoms with E-state index in [4.69, 9.17) is 0 Å². The van der Waals surface area contributed by atoms with Crippen LogP contribution in [0.5, 0.6) is 0 Å². The maximum atomic E-state index is 12.7. The number of sulfonamides is 1. The Morgan fingerprint density at radius 3 is 3.00 bits per heavy atom. The van der Waals surface area contributed by atoms with Crippen LogP contribution in [0.25, 0.3) is 10.8 Å². The van der Waals surface area contributed by atoms with Crippen molar-refractivity contribution in [3.63, 3.8) is 0 Å². The van der Waals surface area contributed by atoms with Crippen molar-refractivity contribution >= 4 is 20.8 Å². The summed E-state index contributed by atoms with van der Waals surface area (Å²) in [5.41, 5.74) is 0. The van der Waals surface area contributed by atoms with E-state index in [0.29, 0.717) is 10.3 Å². The van der Waals surface area contributed by atoms with E-state index in [1.54, 1.807) is 30.6 Å². The van der Waals surface area contributed by atoms with E-state index >= 15 is 0 Å². The molecule has 5 nitrogen and oxygen atoms in total. The highest BCUT2D eigenvalue weighted by Gasteiger charge is 2.22. The molecule has 0 amide bonds. The van der Waals surface area contributed by atoms with Gasteiger partial charge in [-0.15, -0.1) is 0 Å². The first-order valence-electron chi connectivity index (χ1n) is 7.22. The minimum atomic E-state index is -3.51. The molecule has 1 aliphatic rings. The van der Waals surface area contributed by atoms with Gasteiger partial charge in [-0.3, -0.25) is 4.98 Å². The lowest BCUT2D eigenvalue weighted by atomic mass is 10.1. The molecule has 2 N–H and O–H groups in total. The Kier molecular flexibility index (Phi) is 4.19. The Morgan fingerprint density at radius 1 is 1.19 bits per heavy atom.